The highest BCUT2D eigenvalue weighted by atomic mass is 16.4. The number of carbonyl (C=O) groups is 3. The lowest BCUT2D eigenvalue weighted by molar-refractivity contribution is -0.145. The molecule has 0 saturated carbocycles. The van der Waals surface area contributed by atoms with Gasteiger partial charge in [0.05, 0.1) is 6.04 Å². The lowest BCUT2D eigenvalue weighted by atomic mass is 10.0. The molecule has 0 aliphatic carbocycles. The van der Waals surface area contributed by atoms with Crippen molar-refractivity contribution in [1.29, 1.82) is 0 Å². The normalized spacial score (nSPS) is 18.6. The Balaban J connectivity index is 1.66. The highest BCUT2D eigenvalue weighted by Crippen LogP contribution is 2.28. The number of nitrogens with one attached hydrogen (secondary N) is 1. The molecule has 34 heavy (non-hydrogen) atoms. The molecule has 1 aliphatic rings. The van der Waals surface area contributed by atoms with E-state index in [1.807, 2.05) is 97.9 Å². The fourth-order valence-electron chi connectivity index (χ4n) is 4.31. The van der Waals surface area contributed by atoms with Crippen LogP contribution in [0.5, 0.6) is 0 Å². The Morgan fingerprint density at radius 1 is 0.794 bits per heavy atom. The molecule has 2 unspecified atom stereocenters. The minimum absolute atomic E-state index is 0.0972. The van der Waals surface area contributed by atoms with Crippen molar-refractivity contribution in [2.75, 3.05) is 0 Å². The second-order valence-corrected chi connectivity index (χ2v) is 8.38. The van der Waals surface area contributed by atoms with E-state index in [1.54, 1.807) is 0 Å². The van der Waals surface area contributed by atoms with Crippen LogP contribution in [0, 0.1) is 0 Å². The summed E-state index contributed by atoms with van der Waals surface area (Å²) in [4.78, 5) is 42.1. The molecule has 1 heterocycles. The third-order valence-electron chi connectivity index (χ3n) is 6.03. The summed E-state index contributed by atoms with van der Waals surface area (Å²) >= 11 is 0. The van der Waals surface area contributed by atoms with Gasteiger partial charge in [-0.05, 0) is 23.6 Å². The average Bonchev–Trinajstić information content (AvgIpc) is 3.12. The Morgan fingerprint density at radius 2 is 1.24 bits per heavy atom. The van der Waals surface area contributed by atoms with Crippen LogP contribution in [-0.4, -0.2) is 44.9 Å². The highest BCUT2D eigenvalue weighted by Gasteiger charge is 2.53. The quantitative estimate of drug-likeness (QED) is 0.538. The van der Waals surface area contributed by atoms with Crippen molar-refractivity contribution in [2.24, 2.45) is 0 Å². The van der Waals surface area contributed by atoms with Crippen LogP contribution < -0.4 is 5.32 Å². The number of carbonyl (C=O) groups excluding carboxylic acids is 2. The molecular formula is C27H27N3O4. The zero-order valence-corrected chi connectivity index (χ0v) is 18.9. The number of carboxylic acid groups (broad SMARTS) is 1. The Bertz CT molecular complexity index is 1140. The number of nitrogens with zero attached hydrogens (tertiary/aromatic N) is 2. The highest BCUT2D eigenvalue weighted by molar-refractivity contribution is 5.98. The number of urea groups is 1. The first-order valence-corrected chi connectivity index (χ1v) is 11.2. The summed E-state index contributed by atoms with van der Waals surface area (Å²) < 4.78 is 0. The third-order valence-corrected chi connectivity index (χ3v) is 6.03. The molecule has 3 aromatic rings. The topological polar surface area (TPSA) is 90.0 Å². The zero-order valence-electron chi connectivity index (χ0n) is 18.9. The van der Waals surface area contributed by atoms with E-state index in [2.05, 4.69) is 5.32 Å². The van der Waals surface area contributed by atoms with E-state index in [9.17, 15) is 19.5 Å². The molecule has 3 aromatic carbocycles. The van der Waals surface area contributed by atoms with E-state index >= 15 is 0 Å². The fourth-order valence-corrected chi connectivity index (χ4v) is 4.31. The van der Waals surface area contributed by atoms with Gasteiger partial charge in [-0.25, -0.2) is 9.59 Å². The zero-order chi connectivity index (χ0) is 24.1. The molecule has 174 valence electrons. The molecule has 0 bridgehead atoms. The molecule has 0 radical (unpaired) electrons. The van der Waals surface area contributed by atoms with Crippen molar-refractivity contribution < 1.29 is 19.5 Å². The number of benzene rings is 3. The van der Waals surface area contributed by atoms with E-state index in [-0.39, 0.29) is 19.1 Å². The van der Waals surface area contributed by atoms with E-state index in [4.69, 9.17) is 0 Å². The first-order chi connectivity index (χ1) is 16.5. The summed E-state index contributed by atoms with van der Waals surface area (Å²) in [6, 6.07) is 24.5. The van der Waals surface area contributed by atoms with Crippen molar-refractivity contribution in [3.05, 3.63) is 108 Å². The van der Waals surface area contributed by atoms with Crippen LogP contribution in [0.25, 0.3) is 0 Å². The van der Waals surface area contributed by atoms with Crippen LogP contribution in [0.3, 0.4) is 0 Å². The van der Waals surface area contributed by atoms with Gasteiger partial charge in [-0.15, -0.1) is 0 Å². The number of amides is 3. The van der Waals surface area contributed by atoms with Gasteiger partial charge in [0.1, 0.15) is 6.04 Å². The maximum absolute atomic E-state index is 13.5. The van der Waals surface area contributed by atoms with Gasteiger partial charge in [-0.1, -0.05) is 91.0 Å². The van der Waals surface area contributed by atoms with Crippen LogP contribution in [-0.2, 0) is 22.7 Å². The summed E-state index contributed by atoms with van der Waals surface area (Å²) in [7, 11) is 0. The van der Waals surface area contributed by atoms with Gasteiger partial charge in [0.15, 0.2) is 6.04 Å². The lowest BCUT2D eigenvalue weighted by Gasteiger charge is -2.26. The van der Waals surface area contributed by atoms with E-state index < -0.39 is 30.0 Å². The first kappa shape index (κ1) is 23.0. The van der Waals surface area contributed by atoms with E-state index in [1.165, 1.54) is 9.80 Å². The lowest BCUT2D eigenvalue weighted by Crippen LogP contribution is -2.52. The van der Waals surface area contributed by atoms with Gasteiger partial charge in [0.25, 0.3) is 0 Å². The van der Waals surface area contributed by atoms with Crippen LogP contribution in [0.1, 0.15) is 29.7 Å². The maximum Gasteiger partial charge on any atom is 0.329 e. The molecule has 1 fully saturated rings. The predicted octanol–water partition coefficient (Wildman–Crippen LogP) is 3.82. The monoisotopic (exact) mass is 457 g/mol. The van der Waals surface area contributed by atoms with Crippen LogP contribution >= 0.6 is 0 Å². The van der Waals surface area contributed by atoms with Crippen molar-refractivity contribution in [1.82, 2.24) is 15.1 Å². The largest absolute Gasteiger partial charge is 0.480 e. The molecule has 4 rings (SSSR count). The summed E-state index contributed by atoms with van der Waals surface area (Å²) in [6.45, 7) is 2.07. The summed E-state index contributed by atoms with van der Waals surface area (Å²) in [6.07, 6.45) is 0. The average molecular weight is 458 g/mol. The predicted molar refractivity (Wildman–Crippen MR) is 128 cm³/mol. The molecule has 3 amide bonds. The number of hydrogen-bond donors (Lipinski definition) is 2. The molecular weight excluding hydrogens is 430 g/mol. The SMILES string of the molecule is C[C@@H](NC(=O)C1C(C(=O)O)N(Cc2ccccc2)C(=O)N1Cc1ccccc1)c1ccccc1. The second-order valence-electron chi connectivity index (χ2n) is 8.38. The van der Waals surface area contributed by atoms with Gasteiger partial charge >= 0.3 is 12.0 Å². The molecule has 1 saturated heterocycles. The molecule has 7 nitrogen and oxygen atoms in total. The Morgan fingerprint density at radius 3 is 1.71 bits per heavy atom. The number of aliphatic carboxylic acids is 1. The smallest absolute Gasteiger partial charge is 0.329 e. The molecule has 0 aromatic heterocycles. The fraction of sp³-hybridized carbons (Fsp3) is 0.222. The minimum atomic E-state index is -1.32. The van der Waals surface area contributed by atoms with Crippen LogP contribution in [0.2, 0.25) is 0 Å². The minimum Gasteiger partial charge on any atom is -0.480 e. The second kappa shape index (κ2) is 10.2. The van der Waals surface area contributed by atoms with Gasteiger partial charge in [-0.2, -0.15) is 0 Å². The number of carboxylic acids is 1. The summed E-state index contributed by atoms with van der Waals surface area (Å²) in [5.74, 6) is -1.71. The third kappa shape index (κ3) is 4.93. The van der Waals surface area contributed by atoms with Crippen molar-refractivity contribution in [3.63, 3.8) is 0 Å². The first-order valence-electron chi connectivity index (χ1n) is 11.2. The van der Waals surface area contributed by atoms with Crippen LogP contribution in [0.4, 0.5) is 4.79 Å². The Kier molecular flexibility index (Phi) is 6.92. The van der Waals surface area contributed by atoms with Gasteiger partial charge in [0, 0.05) is 13.1 Å². The molecule has 3 atom stereocenters. The Hall–Kier alpha value is -4.13. The number of rotatable bonds is 8. The Labute approximate surface area is 198 Å². The van der Waals surface area contributed by atoms with E-state index in [0.717, 1.165) is 16.7 Å². The van der Waals surface area contributed by atoms with Crippen molar-refractivity contribution in [3.8, 4) is 0 Å². The summed E-state index contributed by atoms with van der Waals surface area (Å²) in [5, 5.41) is 13.1. The van der Waals surface area contributed by atoms with E-state index in [0.29, 0.717) is 0 Å². The molecule has 7 heteroatoms. The van der Waals surface area contributed by atoms with Gasteiger partial charge in [-0.3, -0.25) is 4.79 Å². The van der Waals surface area contributed by atoms with Crippen LogP contribution in [0.15, 0.2) is 91.0 Å². The van der Waals surface area contributed by atoms with Gasteiger partial charge in [0.2, 0.25) is 5.91 Å². The van der Waals surface area contributed by atoms with Crippen molar-refractivity contribution >= 4 is 17.9 Å². The molecule has 2 N–H and O–H groups in total. The maximum atomic E-state index is 13.5. The standard InChI is InChI=1S/C27H27N3O4/c1-19(22-15-9-4-10-16-22)28-25(31)23-24(26(32)33)30(18-21-13-7-3-8-14-21)27(34)29(23)17-20-11-5-2-6-12-20/h2-16,19,23-24H,17-18H2,1H3,(H,28,31)(H,32,33)/t19-,23?,24?/m1/s1. The van der Waals surface area contributed by atoms with Crippen molar-refractivity contribution in [2.45, 2.75) is 38.1 Å². The van der Waals surface area contributed by atoms with Gasteiger partial charge < -0.3 is 20.2 Å². The molecule has 1 aliphatic heterocycles. The summed E-state index contributed by atoms with van der Waals surface area (Å²) in [5.41, 5.74) is 2.50. The number of hydrogen-bond acceptors (Lipinski definition) is 3. The molecule has 0 spiro atoms.